The van der Waals surface area contributed by atoms with E-state index in [9.17, 15) is 0 Å². The van der Waals surface area contributed by atoms with Gasteiger partial charge in [0.05, 0.1) is 0 Å². The van der Waals surface area contributed by atoms with Crippen molar-refractivity contribution in [1.29, 1.82) is 0 Å². The van der Waals surface area contributed by atoms with E-state index in [1.807, 2.05) is 0 Å². The van der Waals surface area contributed by atoms with Crippen molar-refractivity contribution in [2.45, 2.75) is 32.6 Å². The molecule has 0 aliphatic heterocycles. The van der Waals surface area contributed by atoms with Gasteiger partial charge in [0.1, 0.15) is 0 Å². The van der Waals surface area contributed by atoms with Gasteiger partial charge in [0.25, 0.3) is 0 Å². The van der Waals surface area contributed by atoms with E-state index in [-0.39, 0.29) is 0 Å². The monoisotopic (exact) mass is 160 g/mol. The molecule has 68 valence electrons. The number of aliphatic hydroxyl groups is 1. The Hall–Kier alpha value is -0.0800. The standard InChI is InChI=1S/C9H20O2/c1-3-9(8-10)6-4-5-7-11-2/h9-10H,3-8H2,1-2H3. The Morgan fingerprint density at radius 2 is 2.09 bits per heavy atom. The van der Waals surface area contributed by atoms with Gasteiger partial charge in [-0.2, -0.15) is 0 Å². The van der Waals surface area contributed by atoms with Crippen LogP contribution in [0.3, 0.4) is 0 Å². The van der Waals surface area contributed by atoms with Crippen molar-refractivity contribution in [2.24, 2.45) is 5.92 Å². The molecule has 0 amide bonds. The molecule has 1 unspecified atom stereocenters. The van der Waals surface area contributed by atoms with E-state index >= 15 is 0 Å². The second kappa shape index (κ2) is 8.02. The van der Waals surface area contributed by atoms with Crippen molar-refractivity contribution >= 4 is 0 Å². The zero-order valence-corrected chi connectivity index (χ0v) is 7.68. The van der Waals surface area contributed by atoms with Gasteiger partial charge in [0, 0.05) is 20.3 Å². The summed E-state index contributed by atoms with van der Waals surface area (Å²) in [6.07, 6.45) is 4.51. The van der Waals surface area contributed by atoms with E-state index in [1.54, 1.807) is 7.11 Å². The predicted octanol–water partition coefficient (Wildman–Crippen LogP) is 1.82. The maximum absolute atomic E-state index is 8.85. The van der Waals surface area contributed by atoms with E-state index in [4.69, 9.17) is 9.84 Å². The summed E-state index contributed by atoms with van der Waals surface area (Å²) in [6.45, 7) is 3.31. The van der Waals surface area contributed by atoms with Crippen LogP contribution in [0.15, 0.2) is 0 Å². The van der Waals surface area contributed by atoms with Crippen molar-refractivity contribution in [3.05, 3.63) is 0 Å². The molecule has 0 saturated carbocycles. The van der Waals surface area contributed by atoms with Gasteiger partial charge in [0.15, 0.2) is 0 Å². The van der Waals surface area contributed by atoms with E-state index in [2.05, 4.69) is 6.92 Å². The van der Waals surface area contributed by atoms with Crippen molar-refractivity contribution in [2.75, 3.05) is 20.3 Å². The lowest BCUT2D eigenvalue weighted by molar-refractivity contribution is 0.180. The summed E-state index contributed by atoms with van der Waals surface area (Å²) >= 11 is 0. The van der Waals surface area contributed by atoms with Gasteiger partial charge in [-0.1, -0.05) is 19.8 Å². The first kappa shape index (κ1) is 10.9. The molecule has 0 saturated heterocycles. The Kier molecular flexibility index (Phi) is 7.96. The van der Waals surface area contributed by atoms with Crippen LogP contribution in [0.25, 0.3) is 0 Å². The second-order valence-electron chi connectivity index (χ2n) is 2.95. The number of hydrogen-bond donors (Lipinski definition) is 1. The number of methoxy groups -OCH3 is 1. The lowest BCUT2D eigenvalue weighted by Crippen LogP contribution is -2.04. The molecule has 2 nitrogen and oxygen atoms in total. The first-order chi connectivity index (χ1) is 5.35. The molecule has 0 bridgehead atoms. The molecule has 1 atom stereocenters. The minimum absolute atomic E-state index is 0.337. The molecule has 0 aliphatic carbocycles. The summed E-state index contributed by atoms with van der Waals surface area (Å²) in [4.78, 5) is 0. The molecule has 0 aliphatic rings. The number of aliphatic hydroxyl groups excluding tert-OH is 1. The molecule has 0 rings (SSSR count). The van der Waals surface area contributed by atoms with Crippen molar-refractivity contribution < 1.29 is 9.84 Å². The van der Waals surface area contributed by atoms with Crippen LogP contribution < -0.4 is 0 Å². The zero-order valence-electron chi connectivity index (χ0n) is 7.68. The zero-order chi connectivity index (χ0) is 8.53. The van der Waals surface area contributed by atoms with Crippen LogP contribution in [-0.2, 0) is 4.74 Å². The summed E-state index contributed by atoms with van der Waals surface area (Å²) in [5.41, 5.74) is 0. The molecule has 0 aromatic rings. The molecule has 0 aromatic heterocycles. The first-order valence-electron chi connectivity index (χ1n) is 4.45. The average Bonchev–Trinajstić information content (AvgIpc) is 2.05. The molecule has 11 heavy (non-hydrogen) atoms. The maximum Gasteiger partial charge on any atom is 0.0462 e. The fraction of sp³-hybridized carbons (Fsp3) is 1.00. The van der Waals surface area contributed by atoms with Crippen LogP contribution in [0, 0.1) is 5.92 Å². The third-order valence-electron chi connectivity index (χ3n) is 2.05. The molecule has 0 heterocycles. The van der Waals surface area contributed by atoms with Gasteiger partial charge in [-0.05, 0) is 18.8 Å². The summed E-state index contributed by atoms with van der Waals surface area (Å²) in [5, 5.41) is 8.85. The summed E-state index contributed by atoms with van der Waals surface area (Å²) in [6, 6.07) is 0. The van der Waals surface area contributed by atoms with Crippen LogP contribution >= 0.6 is 0 Å². The maximum atomic E-state index is 8.85. The predicted molar refractivity (Wildman–Crippen MR) is 46.6 cm³/mol. The Bertz CT molecular complexity index is 70.0. The minimum atomic E-state index is 0.337. The Morgan fingerprint density at radius 1 is 1.36 bits per heavy atom. The molecular weight excluding hydrogens is 140 g/mol. The van der Waals surface area contributed by atoms with Crippen LogP contribution in [0.5, 0.6) is 0 Å². The van der Waals surface area contributed by atoms with Gasteiger partial charge in [0.2, 0.25) is 0 Å². The number of ether oxygens (including phenoxy) is 1. The second-order valence-corrected chi connectivity index (χ2v) is 2.95. The van der Waals surface area contributed by atoms with Crippen LogP contribution in [0.1, 0.15) is 32.6 Å². The van der Waals surface area contributed by atoms with Crippen LogP contribution in [0.4, 0.5) is 0 Å². The Labute approximate surface area is 69.6 Å². The number of hydrogen-bond acceptors (Lipinski definition) is 2. The van der Waals surface area contributed by atoms with E-state index in [0.29, 0.717) is 12.5 Å². The Morgan fingerprint density at radius 3 is 2.55 bits per heavy atom. The highest BCUT2D eigenvalue weighted by Gasteiger charge is 2.02. The fourth-order valence-corrected chi connectivity index (χ4v) is 1.10. The molecule has 0 aromatic carbocycles. The largest absolute Gasteiger partial charge is 0.396 e. The highest BCUT2D eigenvalue weighted by atomic mass is 16.5. The lowest BCUT2D eigenvalue weighted by Gasteiger charge is -2.09. The third-order valence-corrected chi connectivity index (χ3v) is 2.05. The van der Waals surface area contributed by atoms with Gasteiger partial charge in [-0.3, -0.25) is 0 Å². The molecule has 0 radical (unpaired) electrons. The third kappa shape index (κ3) is 6.32. The van der Waals surface area contributed by atoms with Crippen molar-refractivity contribution in [3.63, 3.8) is 0 Å². The lowest BCUT2D eigenvalue weighted by atomic mass is 10.0. The summed E-state index contributed by atoms with van der Waals surface area (Å²) in [5.74, 6) is 0.506. The highest BCUT2D eigenvalue weighted by molar-refractivity contribution is 4.54. The van der Waals surface area contributed by atoms with Gasteiger partial charge >= 0.3 is 0 Å². The van der Waals surface area contributed by atoms with E-state index < -0.39 is 0 Å². The SMILES string of the molecule is CCC(CO)CCCCOC. The van der Waals surface area contributed by atoms with Crippen molar-refractivity contribution in [1.82, 2.24) is 0 Å². The van der Waals surface area contributed by atoms with Gasteiger partial charge in [-0.25, -0.2) is 0 Å². The highest BCUT2D eigenvalue weighted by Crippen LogP contribution is 2.10. The van der Waals surface area contributed by atoms with Gasteiger partial charge in [-0.15, -0.1) is 0 Å². The Balaban J connectivity index is 3.07. The molecule has 0 spiro atoms. The van der Waals surface area contributed by atoms with E-state index in [1.165, 1.54) is 6.42 Å². The average molecular weight is 160 g/mol. The molecule has 1 N–H and O–H groups in total. The topological polar surface area (TPSA) is 29.5 Å². The number of unbranched alkanes of at least 4 members (excludes halogenated alkanes) is 1. The molecule has 2 heteroatoms. The van der Waals surface area contributed by atoms with Crippen LogP contribution in [-0.4, -0.2) is 25.4 Å². The smallest absolute Gasteiger partial charge is 0.0462 e. The number of rotatable bonds is 7. The van der Waals surface area contributed by atoms with Crippen molar-refractivity contribution in [3.8, 4) is 0 Å². The van der Waals surface area contributed by atoms with Crippen LogP contribution in [0.2, 0.25) is 0 Å². The fourth-order valence-electron chi connectivity index (χ4n) is 1.10. The summed E-state index contributed by atoms with van der Waals surface area (Å²) in [7, 11) is 1.73. The normalized spacial score (nSPS) is 13.4. The minimum Gasteiger partial charge on any atom is -0.396 e. The van der Waals surface area contributed by atoms with Gasteiger partial charge < -0.3 is 9.84 Å². The molecular formula is C9H20O2. The quantitative estimate of drug-likeness (QED) is 0.576. The summed E-state index contributed by atoms with van der Waals surface area (Å²) < 4.78 is 4.93. The van der Waals surface area contributed by atoms with E-state index in [0.717, 1.165) is 25.9 Å². The first-order valence-corrected chi connectivity index (χ1v) is 4.45. The molecule has 0 fully saturated rings.